The summed E-state index contributed by atoms with van der Waals surface area (Å²) in [5.74, 6) is 0.673. The molecule has 4 aromatic heterocycles. The summed E-state index contributed by atoms with van der Waals surface area (Å²) in [6.45, 7) is 0. The second-order valence-corrected chi connectivity index (χ2v) is 15.7. The van der Waals surface area contributed by atoms with E-state index in [4.69, 9.17) is 15.1 Å². The van der Waals surface area contributed by atoms with Gasteiger partial charge >= 0.3 is 0 Å². The third kappa shape index (κ3) is 5.98. The number of hydrogen-bond donors (Lipinski definition) is 0. The van der Waals surface area contributed by atoms with Crippen LogP contribution in [-0.2, 0) is 0 Å². The van der Waals surface area contributed by atoms with Crippen LogP contribution in [0, 0.1) is 0 Å². The second-order valence-electron chi connectivity index (χ2n) is 15.7. The molecule has 0 atom stereocenters. The van der Waals surface area contributed by atoms with Gasteiger partial charge in [-0.15, -0.1) is 0 Å². The molecule has 0 saturated carbocycles. The topological polar surface area (TPSA) is 48.0 Å². The van der Waals surface area contributed by atoms with Crippen molar-refractivity contribution in [3.05, 3.63) is 224 Å². The van der Waals surface area contributed by atoms with Gasteiger partial charge in [-0.25, -0.2) is 14.5 Å². The van der Waals surface area contributed by atoms with Crippen molar-refractivity contribution < 1.29 is 0 Å². The molecule has 0 bridgehead atoms. The normalized spacial score (nSPS) is 11.5. The van der Waals surface area contributed by atoms with Crippen molar-refractivity contribution in [1.82, 2.24) is 24.1 Å². The van der Waals surface area contributed by atoms with Crippen LogP contribution in [0.15, 0.2) is 224 Å². The van der Waals surface area contributed by atoms with E-state index in [2.05, 4.69) is 215 Å². The van der Waals surface area contributed by atoms with Crippen LogP contribution < -0.4 is 0 Å². The SMILES string of the molecule is c1ccc(-c2nc(-c3cccc(-c4nn5c(-c6ccccc6)cc6ccccc6c5c4-c4ccccc4)c3)cc(-c3ccc4c(c3)c3ccccc3n4-c3ccccc3)n2)cc1. The standard InChI is InChI=1S/C57H37N5/c1-5-18-38(19-6-1)53-36-41-24-13-14-29-46(41)56-54(39-20-7-2-8-21-39)55(60-62(53)56)44-26-17-25-42(34-44)49-37-50(59-57(58-49)40-22-9-3-10-23-40)43-32-33-52-48(35-43)47-30-15-16-31-51(47)61(52)45-27-11-4-12-28-45/h1-37H. The molecule has 0 unspecified atom stereocenters. The highest BCUT2D eigenvalue weighted by atomic mass is 15.2. The van der Waals surface area contributed by atoms with Gasteiger partial charge in [0.05, 0.1) is 33.6 Å². The summed E-state index contributed by atoms with van der Waals surface area (Å²) < 4.78 is 4.48. The minimum atomic E-state index is 0.673. The molecule has 0 amide bonds. The highest BCUT2D eigenvalue weighted by molar-refractivity contribution is 6.11. The third-order valence-electron chi connectivity index (χ3n) is 11.9. The minimum Gasteiger partial charge on any atom is -0.309 e. The first kappa shape index (κ1) is 35.5. The van der Waals surface area contributed by atoms with Crippen molar-refractivity contribution in [1.29, 1.82) is 0 Å². The lowest BCUT2D eigenvalue weighted by atomic mass is 9.95. The monoisotopic (exact) mass is 791 g/mol. The van der Waals surface area contributed by atoms with Crippen LogP contribution in [-0.4, -0.2) is 24.1 Å². The van der Waals surface area contributed by atoms with Gasteiger partial charge in [0, 0.05) is 55.2 Å². The molecule has 0 spiro atoms. The molecule has 0 N–H and O–H groups in total. The van der Waals surface area contributed by atoms with Gasteiger partial charge in [0.25, 0.3) is 0 Å². The van der Waals surface area contributed by atoms with Crippen LogP contribution in [0.25, 0.3) is 111 Å². The van der Waals surface area contributed by atoms with Crippen molar-refractivity contribution in [2.24, 2.45) is 0 Å². The largest absolute Gasteiger partial charge is 0.309 e. The summed E-state index contributed by atoms with van der Waals surface area (Å²) >= 11 is 0. The van der Waals surface area contributed by atoms with E-state index in [9.17, 15) is 0 Å². The third-order valence-corrected chi connectivity index (χ3v) is 11.9. The van der Waals surface area contributed by atoms with Gasteiger partial charge in [0.1, 0.15) is 5.69 Å². The lowest BCUT2D eigenvalue weighted by Crippen LogP contribution is -1.97. The van der Waals surface area contributed by atoms with Crippen molar-refractivity contribution in [2.75, 3.05) is 0 Å². The van der Waals surface area contributed by atoms with E-state index in [0.29, 0.717) is 5.82 Å². The lowest BCUT2D eigenvalue weighted by molar-refractivity contribution is 0.979. The maximum absolute atomic E-state index is 5.51. The number of nitrogens with zero attached hydrogens (tertiary/aromatic N) is 5. The van der Waals surface area contributed by atoms with Gasteiger partial charge in [-0.1, -0.05) is 176 Å². The zero-order chi connectivity index (χ0) is 41.0. The Bertz CT molecular complexity index is 3610. The Labute approximate surface area is 358 Å². The molecular formula is C57H37N5. The highest BCUT2D eigenvalue weighted by Crippen LogP contribution is 2.42. The molecule has 0 fully saturated rings. The first-order valence-corrected chi connectivity index (χ1v) is 20.9. The summed E-state index contributed by atoms with van der Waals surface area (Å²) in [7, 11) is 0. The molecular weight excluding hydrogens is 755 g/mol. The number of hydrogen-bond acceptors (Lipinski definition) is 3. The number of pyridine rings is 1. The van der Waals surface area contributed by atoms with E-state index in [1.165, 1.54) is 21.7 Å². The Morgan fingerprint density at radius 2 is 0.919 bits per heavy atom. The fourth-order valence-electron chi connectivity index (χ4n) is 9.06. The number of fused-ring (bicyclic) bond motifs is 6. The smallest absolute Gasteiger partial charge is 0.160 e. The summed E-state index contributed by atoms with van der Waals surface area (Å²) in [4.78, 5) is 10.5. The van der Waals surface area contributed by atoms with E-state index >= 15 is 0 Å². The maximum atomic E-state index is 5.51. The van der Waals surface area contributed by atoms with Gasteiger partial charge in [-0.05, 0) is 59.5 Å². The van der Waals surface area contributed by atoms with E-state index in [-0.39, 0.29) is 0 Å². The number of para-hydroxylation sites is 2. The summed E-state index contributed by atoms with van der Waals surface area (Å²) in [5.41, 5.74) is 15.4. The first-order chi connectivity index (χ1) is 30.7. The fourth-order valence-corrected chi connectivity index (χ4v) is 9.06. The summed E-state index contributed by atoms with van der Waals surface area (Å²) in [6, 6.07) is 79.0. The van der Waals surface area contributed by atoms with E-state index < -0.39 is 0 Å². The number of aromatic nitrogens is 5. The zero-order valence-corrected chi connectivity index (χ0v) is 33.6. The molecule has 0 radical (unpaired) electrons. The van der Waals surface area contributed by atoms with Crippen molar-refractivity contribution in [2.45, 2.75) is 0 Å². The van der Waals surface area contributed by atoms with Crippen LogP contribution in [0.1, 0.15) is 0 Å². The quantitative estimate of drug-likeness (QED) is 0.162. The van der Waals surface area contributed by atoms with Gasteiger partial charge < -0.3 is 4.57 Å². The lowest BCUT2D eigenvalue weighted by Gasteiger charge is -2.11. The average molecular weight is 792 g/mol. The first-order valence-electron chi connectivity index (χ1n) is 20.9. The van der Waals surface area contributed by atoms with E-state index in [0.717, 1.165) is 83.8 Å². The van der Waals surface area contributed by atoms with Gasteiger partial charge in [0.2, 0.25) is 0 Å². The van der Waals surface area contributed by atoms with Crippen LogP contribution in [0.3, 0.4) is 0 Å². The molecule has 12 rings (SSSR count). The van der Waals surface area contributed by atoms with Crippen molar-refractivity contribution in [3.63, 3.8) is 0 Å². The highest BCUT2D eigenvalue weighted by Gasteiger charge is 2.22. The van der Waals surface area contributed by atoms with E-state index in [1.54, 1.807) is 0 Å². The van der Waals surface area contributed by atoms with Crippen LogP contribution in [0.4, 0.5) is 0 Å². The Morgan fingerprint density at radius 3 is 1.66 bits per heavy atom. The molecule has 290 valence electrons. The predicted molar refractivity (Wildman–Crippen MR) is 255 cm³/mol. The van der Waals surface area contributed by atoms with E-state index in [1.807, 2.05) is 18.2 Å². The Balaban J connectivity index is 1.06. The van der Waals surface area contributed by atoms with Crippen LogP contribution >= 0.6 is 0 Å². The summed E-state index contributed by atoms with van der Waals surface area (Å²) in [5, 5.41) is 10.2. The molecule has 0 aliphatic carbocycles. The Kier molecular flexibility index (Phi) is 8.42. The Hall–Kier alpha value is -8.41. The molecule has 5 nitrogen and oxygen atoms in total. The second kappa shape index (κ2) is 14.7. The van der Waals surface area contributed by atoms with Gasteiger partial charge in [-0.3, -0.25) is 0 Å². The number of benzene rings is 8. The molecule has 62 heavy (non-hydrogen) atoms. The number of rotatable bonds is 7. The van der Waals surface area contributed by atoms with Crippen LogP contribution in [0.2, 0.25) is 0 Å². The summed E-state index contributed by atoms with van der Waals surface area (Å²) in [6.07, 6.45) is 0. The molecule has 8 aromatic carbocycles. The van der Waals surface area contributed by atoms with Crippen molar-refractivity contribution >= 4 is 38.1 Å². The van der Waals surface area contributed by atoms with Crippen molar-refractivity contribution in [3.8, 4) is 73.2 Å². The molecule has 0 aliphatic rings. The predicted octanol–water partition coefficient (Wildman–Crippen LogP) is 14.4. The maximum Gasteiger partial charge on any atom is 0.160 e. The molecule has 0 aliphatic heterocycles. The molecule has 4 heterocycles. The average Bonchev–Trinajstić information content (AvgIpc) is 3.92. The molecule has 5 heteroatoms. The Morgan fingerprint density at radius 1 is 0.355 bits per heavy atom. The zero-order valence-electron chi connectivity index (χ0n) is 33.6. The molecule has 12 aromatic rings. The van der Waals surface area contributed by atoms with Crippen LogP contribution in [0.5, 0.6) is 0 Å². The molecule has 0 saturated heterocycles. The van der Waals surface area contributed by atoms with Gasteiger partial charge in [0.15, 0.2) is 5.82 Å². The fraction of sp³-hybridized carbons (Fsp3) is 0. The van der Waals surface area contributed by atoms with Gasteiger partial charge in [-0.2, -0.15) is 5.10 Å². The minimum absolute atomic E-state index is 0.673.